The van der Waals surface area contributed by atoms with Crippen LogP contribution in [0.4, 0.5) is 0 Å². The number of nitrogens with one attached hydrogen (secondary N) is 2. The molecule has 2 rings (SSSR count). The van der Waals surface area contributed by atoms with Crippen LogP contribution >= 0.6 is 11.6 Å². The SMILES string of the molecule is CC(NC(=O)c1ccc(=O)[nH]c1)c1ccc(Cl)cc1. The van der Waals surface area contributed by atoms with Gasteiger partial charge >= 0.3 is 0 Å². The van der Waals surface area contributed by atoms with Crippen LogP contribution in [0.25, 0.3) is 0 Å². The van der Waals surface area contributed by atoms with Crippen LogP contribution in [0.3, 0.4) is 0 Å². The van der Waals surface area contributed by atoms with Crippen LogP contribution in [0.1, 0.15) is 28.9 Å². The maximum Gasteiger partial charge on any atom is 0.253 e. The molecule has 0 spiro atoms. The number of pyridine rings is 1. The number of H-pyrrole nitrogens is 1. The molecule has 0 aliphatic rings. The molecule has 1 heterocycles. The van der Waals surface area contributed by atoms with Crippen molar-refractivity contribution in [2.75, 3.05) is 0 Å². The zero-order chi connectivity index (χ0) is 13.8. The molecule has 2 aromatic rings. The van der Waals surface area contributed by atoms with Crippen LogP contribution in [0, 0.1) is 0 Å². The Balaban J connectivity index is 2.08. The lowest BCUT2D eigenvalue weighted by atomic mass is 10.1. The summed E-state index contributed by atoms with van der Waals surface area (Å²) in [5.74, 6) is -0.237. The predicted molar refractivity (Wildman–Crippen MR) is 74.4 cm³/mol. The highest BCUT2D eigenvalue weighted by Crippen LogP contribution is 2.16. The fourth-order valence-electron chi connectivity index (χ4n) is 1.67. The van der Waals surface area contributed by atoms with Gasteiger partial charge in [-0.15, -0.1) is 0 Å². The Bertz CT molecular complexity index is 614. The van der Waals surface area contributed by atoms with Gasteiger partial charge in [-0.1, -0.05) is 23.7 Å². The minimum absolute atomic E-state index is 0.142. The molecule has 4 nitrogen and oxygen atoms in total. The summed E-state index contributed by atoms with van der Waals surface area (Å²) in [7, 11) is 0. The van der Waals surface area contributed by atoms with Crippen molar-refractivity contribution in [2.24, 2.45) is 0 Å². The summed E-state index contributed by atoms with van der Waals surface area (Å²) in [4.78, 5) is 25.3. The number of carbonyl (C=O) groups excluding carboxylic acids is 1. The van der Waals surface area contributed by atoms with Gasteiger partial charge in [-0.3, -0.25) is 9.59 Å². The average molecular weight is 277 g/mol. The summed E-state index contributed by atoms with van der Waals surface area (Å²) in [5, 5.41) is 3.50. The standard InChI is InChI=1S/C14H13ClN2O2/c1-9(10-2-5-12(15)6-3-10)17-14(19)11-4-7-13(18)16-8-11/h2-9H,1H3,(H,16,18)(H,17,19). The second kappa shape index (κ2) is 5.71. The summed E-state index contributed by atoms with van der Waals surface area (Å²) in [6.45, 7) is 1.88. The Morgan fingerprint density at radius 1 is 1.21 bits per heavy atom. The molecule has 0 bridgehead atoms. The van der Waals surface area contributed by atoms with Crippen molar-refractivity contribution in [1.82, 2.24) is 10.3 Å². The van der Waals surface area contributed by atoms with E-state index in [1.165, 1.54) is 18.3 Å². The Labute approximate surface area is 115 Å². The normalized spacial score (nSPS) is 11.9. The minimum Gasteiger partial charge on any atom is -0.345 e. The van der Waals surface area contributed by atoms with E-state index in [9.17, 15) is 9.59 Å². The fraction of sp³-hybridized carbons (Fsp3) is 0.143. The summed E-state index contributed by atoms with van der Waals surface area (Å²) >= 11 is 5.81. The third kappa shape index (κ3) is 3.45. The first-order valence-corrected chi connectivity index (χ1v) is 6.19. The van der Waals surface area contributed by atoms with Gasteiger partial charge in [-0.05, 0) is 30.7 Å². The van der Waals surface area contributed by atoms with E-state index in [0.717, 1.165) is 5.56 Å². The molecule has 0 aliphatic heterocycles. The molecule has 1 amide bonds. The van der Waals surface area contributed by atoms with Crippen LogP contribution < -0.4 is 10.9 Å². The van der Waals surface area contributed by atoms with Crippen LogP contribution in [-0.4, -0.2) is 10.9 Å². The molecule has 0 aliphatic carbocycles. The van der Waals surface area contributed by atoms with E-state index in [4.69, 9.17) is 11.6 Å². The average Bonchev–Trinajstić information content (AvgIpc) is 2.40. The smallest absolute Gasteiger partial charge is 0.253 e. The number of rotatable bonds is 3. The zero-order valence-corrected chi connectivity index (χ0v) is 11.1. The second-order valence-corrected chi connectivity index (χ2v) is 4.62. The van der Waals surface area contributed by atoms with E-state index < -0.39 is 0 Å². The molecular formula is C14H13ClN2O2. The quantitative estimate of drug-likeness (QED) is 0.905. The van der Waals surface area contributed by atoms with Crippen LogP contribution in [0.5, 0.6) is 0 Å². The van der Waals surface area contributed by atoms with E-state index in [-0.39, 0.29) is 17.5 Å². The van der Waals surface area contributed by atoms with E-state index in [1.54, 1.807) is 12.1 Å². The van der Waals surface area contributed by atoms with Gasteiger partial charge in [-0.25, -0.2) is 0 Å². The highest BCUT2D eigenvalue weighted by Gasteiger charge is 2.11. The summed E-state index contributed by atoms with van der Waals surface area (Å²) in [6, 6.07) is 9.95. The van der Waals surface area contributed by atoms with Gasteiger partial charge in [0.2, 0.25) is 5.56 Å². The lowest BCUT2D eigenvalue weighted by Gasteiger charge is -2.14. The first kappa shape index (κ1) is 13.4. The van der Waals surface area contributed by atoms with Gasteiger partial charge in [0.25, 0.3) is 5.91 Å². The van der Waals surface area contributed by atoms with Crippen LogP contribution in [0.15, 0.2) is 47.4 Å². The number of halogens is 1. The van der Waals surface area contributed by atoms with Gasteiger partial charge < -0.3 is 10.3 Å². The van der Waals surface area contributed by atoms with E-state index in [0.29, 0.717) is 10.6 Å². The minimum atomic E-state index is -0.237. The number of aromatic nitrogens is 1. The zero-order valence-electron chi connectivity index (χ0n) is 10.3. The van der Waals surface area contributed by atoms with Crippen molar-refractivity contribution >= 4 is 17.5 Å². The number of hydrogen-bond acceptors (Lipinski definition) is 2. The number of hydrogen-bond donors (Lipinski definition) is 2. The summed E-state index contributed by atoms with van der Waals surface area (Å²) < 4.78 is 0. The van der Waals surface area contributed by atoms with Crippen molar-refractivity contribution in [3.05, 3.63) is 69.1 Å². The highest BCUT2D eigenvalue weighted by molar-refractivity contribution is 6.30. The molecule has 2 N–H and O–H groups in total. The van der Waals surface area contributed by atoms with Crippen LogP contribution in [-0.2, 0) is 0 Å². The Morgan fingerprint density at radius 2 is 1.89 bits per heavy atom. The van der Waals surface area contributed by atoms with Crippen LogP contribution in [0.2, 0.25) is 5.02 Å². The fourth-order valence-corrected chi connectivity index (χ4v) is 1.79. The largest absolute Gasteiger partial charge is 0.345 e. The predicted octanol–water partition coefficient (Wildman–Crippen LogP) is 2.52. The van der Waals surface area contributed by atoms with Gasteiger partial charge in [0.05, 0.1) is 11.6 Å². The molecule has 1 unspecified atom stereocenters. The van der Waals surface area contributed by atoms with Crippen molar-refractivity contribution in [3.8, 4) is 0 Å². The molecule has 0 saturated carbocycles. The first-order valence-electron chi connectivity index (χ1n) is 5.81. The molecule has 5 heteroatoms. The van der Waals surface area contributed by atoms with Crippen molar-refractivity contribution in [2.45, 2.75) is 13.0 Å². The lowest BCUT2D eigenvalue weighted by molar-refractivity contribution is 0.0939. The molecule has 0 radical (unpaired) electrons. The topological polar surface area (TPSA) is 62.0 Å². The number of amides is 1. The molecule has 0 fully saturated rings. The maximum absolute atomic E-state index is 11.9. The molecule has 98 valence electrons. The summed E-state index contributed by atoms with van der Waals surface area (Å²) in [5.41, 5.74) is 1.14. The highest BCUT2D eigenvalue weighted by atomic mass is 35.5. The van der Waals surface area contributed by atoms with Gasteiger partial charge in [0.1, 0.15) is 0 Å². The van der Waals surface area contributed by atoms with E-state index >= 15 is 0 Å². The van der Waals surface area contributed by atoms with Gasteiger partial charge in [0.15, 0.2) is 0 Å². The van der Waals surface area contributed by atoms with E-state index in [2.05, 4.69) is 10.3 Å². The van der Waals surface area contributed by atoms with Gasteiger partial charge in [-0.2, -0.15) is 0 Å². The Hall–Kier alpha value is -2.07. The van der Waals surface area contributed by atoms with Crippen molar-refractivity contribution in [1.29, 1.82) is 0 Å². The van der Waals surface area contributed by atoms with E-state index in [1.807, 2.05) is 19.1 Å². The molecule has 1 atom stereocenters. The molecular weight excluding hydrogens is 264 g/mol. The molecule has 19 heavy (non-hydrogen) atoms. The third-order valence-electron chi connectivity index (χ3n) is 2.76. The molecule has 1 aromatic heterocycles. The lowest BCUT2D eigenvalue weighted by Crippen LogP contribution is -2.27. The molecule has 0 saturated heterocycles. The summed E-state index contributed by atoms with van der Waals surface area (Å²) in [6.07, 6.45) is 1.40. The second-order valence-electron chi connectivity index (χ2n) is 4.19. The molecule has 1 aromatic carbocycles. The van der Waals surface area contributed by atoms with Crippen molar-refractivity contribution in [3.63, 3.8) is 0 Å². The number of benzene rings is 1. The number of carbonyl (C=O) groups is 1. The van der Waals surface area contributed by atoms with Gasteiger partial charge in [0, 0.05) is 17.3 Å². The Kier molecular flexibility index (Phi) is 4.02. The number of aromatic amines is 1. The monoisotopic (exact) mass is 276 g/mol. The Morgan fingerprint density at radius 3 is 2.47 bits per heavy atom. The van der Waals surface area contributed by atoms with Crippen molar-refractivity contribution < 1.29 is 4.79 Å². The maximum atomic E-state index is 11.9. The third-order valence-corrected chi connectivity index (χ3v) is 3.02. The first-order chi connectivity index (χ1) is 9.06.